The van der Waals surface area contributed by atoms with Gasteiger partial charge in [0.05, 0.1) is 0 Å². The molecular weight excluding hydrogens is 312 g/mol. The monoisotopic (exact) mass is 340 g/mol. The zero-order valence-electron chi connectivity index (χ0n) is 15.2. The van der Waals surface area contributed by atoms with E-state index in [2.05, 4.69) is 10.6 Å². The maximum atomic E-state index is 13.0. The highest BCUT2D eigenvalue weighted by Crippen LogP contribution is 2.60. The van der Waals surface area contributed by atoms with Crippen LogP contribution in [0.5, 0.6) is 0 Å². The molecule has 4 nitrogen and oxygen atoms in total. The third kappa shape index (κ3) is 3.07. The first-order valence-electron chi connectivity index (χ1n) is 9.63. The Balaban J connectivity index is 1.40. The molecule has 4 heteroatoms. The Bertz CT molecular complexity index is 662. The Morgan fingerprint density at radius 2 is 1.60 bits per heavy atom. The van der Waals surface area contributed by atoms with Crippen LogP contribution in [0.4, 0.5) is 5.69 Å². The summed E-state index contributed by atoms with van der Waals surface area (Å²) in [5.41, 5.74) is 1.63. The summed E-state index contributed by atoms with van der Waals surface area (Å²) in [5, 5.41) is 5.96. The molecule has 134 valence electrons. The fourth-order valence-electron chi connectivity index (χ4n) is 5.76. The number of carbonyl (C=O) groups is 2. The van der Waals surface area contributed by atoms with E-state index >= 15 is 0 Å². The van der Waals surface area contributed by atoms with Crippen LogP contribution in [0, 0.1) is 30.1 Å². The Morgan fingerprint density at radius 3 is 2.16 bits per heavy atom. The van der Waals surface area contributed by atoms with Crippen molar-refractivity contribution < 1.29 is 9.59 Å². The standard InChI is InChI=1S/C21H28N2O2/c1-13-5-3-4-6-18(13)23-19(24)14(2)22-20(25)21-10-15-7-16(11-21)9-17(8-15)12-21/h3-6,14-17H,7-12H2,1-2H3,(H,22,25)(H,23,24)/t14-,15?,16?,17?,21?/m1/s1. The van der Waals surface area contributed by atoms with Gasteiger partial charge in [-0.3, -0.25) is 9.59 Å². The highest BCUT2D eigenvalue weighted by Gasteiger charge is 2.54. The van der Waals surface area contributed by atoms with E-state index in [0.29, 0.717) is 0 Å². The van der Waals surface area contributed by atoms with E-state index in [9.17, 15) is 9.59 Å². The molecule has 0 radical (unpaired) electrons. The van der Waals surface area contributed by atoms with Gasteiger partial charge < -0.3 is 10.6 Å². The first kappa shape index (κ1) is 16.6. The number of benzene rings is 1. The molecule has 1 atom stereocenters. The molecule has 5 rings (SSSR count). The molecule has 4 fully saturated rings. The topological polar surface area (TPSA) is 58.2 Å². The second-order valence-electron chi connectivity index (χ2n) is 8.70. The van der Waals surface area contributed by atoms with Gasteiger partial charge >= 0.3 is 0 Å². The maximum Gasteiger partial charge on any atom is 0.246 e. The zero-order chi connectivity index (χ0) is 17.6. The van der Waals surface area contributed by atoms with E-state index in [1.165, 1.54) is 19.3 Å². The van der Waals surface area contributed by atoms with Gasteiger partial charge in [-0.05, 0) is 81.8 Å². The minimum atomic E-state index is -0.514. The lowest BCUT2D eigenvalue weighted by atomic mass is 9.49. The van der Waals surface area contributed by atoms with Gasteiger partial charge in [0.25, 0.3) is 0 Å². The average molecular weight is 340 g/mol. The van der Waals surface area contributed by atoms with E-state index in [1.54, 1.807) is 6.92 Å². The number of para-hydroxylation sites is 1. The van der Waals surface area contributed by atoms with Gasteiger partial charge in [-0.1, -0.05) is 18.2 Å². The van der Waals surface area contributed by atoms with Crippen LogP contribution in [0.15, 0.2) is 24.3 Å². The molecule has 4 bridgehead atoms. The van der Waals surface area contributed by atoms with Crippen LogP contribution in [0.2, 0.25) is 0 Å². The summed E-state index contributed by atoms with van der Waals surface area (Å²) in [4.78, 5) is 25.5. The highest BCUT2D eigenvalue weighted by molar-refractivity contribution is 5.98. The molecule has 4 saturated carbocycles. The van der Waals surface area contributed by atoms with Crippen molar-refractivity contribution in [2.75, 3.05) is 5.32 Å². The van der Waals surface area contributed by atoms with Gasteiger partial charge in [0.1, 0.15) is 6.04 Å². The second-order valence-corrected chi connectivity index (χ2v) is 8.70. The minimum absolute atomic E-state index is 0.110. The van der Waals surface area contributed by atoms with Gasteiger partial charge in [-0.25, -0.2) is 0 Å². The third-order valence-corrected chi connectivity index (χ3v) is 6.66. The van der Waals surface area contributed by atoms with Gasteiger partial charge in [0, 0.05) is 11.1 Å². The van der Waals surface area contributed by atoms with Crippen LogP contribution in [0.1, 0.15) is 51.0 Å². The van der Waals surface area contributed by atoms with E-state index in [4.69, 9.17) is 0 Å². The van der Waals surface area contributed by atoms with Crippen LogP contribution in [-0.4, -0.2) is 17.9 Å². The second kappa shape index (κ2) is 6.15. The van der Waals surface area contributed by atoms with Crippen LogP contribution in [0.25, 0.3) is 0 Å². The lowest BCUT2D eigenvalue weighted by Gasteiger charge is -2.55. The van der Waals surface area contributed by atoms with E-state index < -0.39 is 6.04 Å². The molecule has 0 unspecified atom stereocenters. The first-order valence-corrected chi connectivity index (χ1v) is 9.63. The molecule has 1 aromatic rings. The molecule has 25 heavy (non-hydrogen) atoms. The van der Waals surface area contributed by atoms with Gasteiger partial charge in [0.15, 0.2) is 0 Å². The van der Waals surface area contributed by atoms with Crippen molar-refractivity contribution in [1.82, 2.24) is 5.32 Å². The van der Waals surface area contributed by atoms with Crippen molar-refractivity contribution in [2.24, 2.45) is 23.2 Å². The zero-order valence-corrected chi connectivity index (χ0v) is 15.2. The van der Waals surface area contributed by atoms with E-state index in [0.717, 1.165) is 48.3 Å². The molecule has 0 aliphatic heterocycles. The molecule has 0 aromatic heterocycles. The lowest BCUT2D eigenvalue weighted by molar-refractivity contribution is -0.147. The van der Waals surface area contributed by atoms with Crippen LogP contribution in [0.3, 0.4) is 0 Å². The number of aryl methyl sites for hydroxylation is 1. The van der Waals surface area contributed by atoms with Gasteiger partial charge in [-0.15, -0.1) is 0 Å². The maximum absolute atomic E-state index is 13.0. The summed E-state index contributed by atoms with van der Waals surface area (Å²) in [5.74, 6) is 2.15. The van der Waals surface area contributed by atoms with E-state index in [-0.39, 0.29) is 17.2 Å². The molecule has 4 aliphatic rings. The minimum Gasteiger partial charge on any atom is -0.344 e. The highest BCUT2D eigenvalue weighted by atomic mass is 16.2. The predicted octanol–water partition coefficient (Wildman–Crippen LogP) is 3.65. The largest absolute Gasteiger partial charge is 0.344 e. The Hall–Kier alpha value is -1.84. The van der Waals surface area contributed by atoms with Crippen molar-refractivity contribution in [3.05, 3.63) is 29.8 Å². The van der Waals surface area contributed by atoms with Crippen LogP contribution in [-0.2, 0) is 9.59 Å². The number of rotatable bonds is 4. The third-order valence-electron chi connectivity index (χ3n) is 6.66. The molecule has 4 aliphatic carbocycles. The summed E-state index contributed by atoms with van der Waals surface area (Å²) < 4.78 is 0. The van der Waals surface area contributed by atoms with Crippen molar-refractivity contribution in [2.45, 2.75) is 58.4 Å². The van der Waals surface area contributed by atoms with Crippen LogP contribution >= 0.6 is 0 Å². The molecule has 2 amide bonds. The van der Waals surface area contributed by atoms with Crippen molar-refractivity contribution in [3.63, 3.8) is 0 Å². The average Bonchev–Trinajstić information content (AvgIpc) is 2.55. The molecular formula is C21H28N2O2. The smallest absolute Gasteiger partial charge is 0.246 e. The van der Waals surface area contributed by atoms with Crippen molar-refractivity contribution >= 4 is 17.5 Å². The number of carbonyl (C=O) groups excluding carboxylic acids is 2. The Morgan fingerprint density at radius 1 is 1.04 bits per heavy atom. The first-order chi connectivity index (χ1) is 11.9. The molecule has 0 heterocycles. The molecule has 2 N–H and O–H groups in total. The summed E-state index contributed by atoms with van der Waals surface area (Å²) in [6, 6.07) is 7.19. The fraction of sp³-hybridized carbons (Fsp3) is 0.619. The fourth-order valence-corrected chi connectivity index (χ4v) is 5.76. The molecule has 0 spiro atoms. The summed E-state index contributed by atoms with van der Waals surface area (Å²) in [7, 11) is 0. The lowest BCUT2D eigenvalue weighted by Crippen LogP contribution is -2.56. The normalized spacial score (nSPS) is 33.8. The molecule has 1 aromatic carbocycles. The van der Waals surface area contributed by atoms with Gasteiger partial charge in [-0.2, -0.15) is 0 Å². The summed E-state index contributed by atoms with van der Waals surface area (Å²) >= 11 is 0. The van der Waals surface area contributed by atoms with Gasteiger partial charge in [0.2, 0.25) is 11.8 Å². The quantitative estimate of drug-likeness (QED) is 0.879. The predicted molar refractivity (Wildman–Crippen MR) is 98.0 cm³/mol. The Labute approximate surface area is 149 Å². The number of nitrogens with one attached hydrogen (secondary N) is 2. The SMILES string of the molecule is Cc1ccccc1NC(=O)[C@@H](C)NC(=O)C12CC3CC(CC(C3)C1)C2. The number of hydrogen-bond donors (Lipinski definition) is 2. The number of anilines is 1. The van der Waals surface area contributed by atoms with E-state index in [1.807, 2.05) is 31.2 Å². The van der Waals surface area contributed by atoms with Crippen molar-refractivity contribution in [1.29, 1.82) is 0 Å². The summed E-state index contributed by atoms with van der Waals surface area (Å²) in [6.07, 6.45) is 7.02. The van der Waals surface area contributed by atoms with Crippen molar-refractivity contribution in [3.8, 4) is 0 Å². The number of amides is 2. The van der Waals surface area contributed by atoms with Crippen LogP contribution < -0.4 is 10.6 Å². The Kier molecular flexibility index (Phi) is 4.09. The molecule has 0 saturated heterocycles. The summed E-state index contributed by atoms with van der Waals surface area (Å²) in [6.45, 7) is 3.75. The number of hydrogen-bond acceptors (Lipinski definition) is 2.